The predicted molar refractivity (Wildman–Crippen MR) is 126 cm³/mol. The molecule has 0 aliphatic heterocycles. The Kier molecular flexibility index (Phi) is 11.0. The first kappa shape index (κ1) is 27.5. The quantitative estimate of drug-likeness (QED) is 0.288. The third-order valence-corrected chi connectivity index (χ3v) is 3.96. The molecule has 168 valence electrons. The number of hydrogen-bond acceptors (Lipinski definition) is 5. The van der Waals surface area contributed by atoms with Gasteiger partial charge in [0.2, 0.25) is 0 Å². The average Bonchev–Trinajstić information content (AvgIpc) is 2.90. The van der Waals surface area contributed by atoms with Crippen LogP contribution in [0.15, 0.2) is 15.5 Å². The molecule has 1 amide bonds. The summed E-state index contributed by atoms with van der Waals surface area (Å²) in [5.74, 6) is 2.01. The number of aryl methyl sites for hydroxylation is 2. The van der Waals surface area contributed by atoms with Crippen LogP contribution >= 0.6 is 24.0 Å². The maximum atomic E-state index is 12.0. The number of rotatable bonds is 7. The second-order valence-corrected chi connectivity index (χ2v) is 8.12. The molecular weight excluding hydrogens is 487 g/mol. The zero-order valence-electron chi connectivity index (χ0n) is 18.9. The fraction of sp³-hybridized carbons (Fsp3) is 0.700. The zero-order chi connectivity index (χ0) is 21.5. The molecule has 0 saturated carbocycles. The Morgan fingerprint density at radius 2 is 1.90 bits per heavy atom. The number of aliphatic imine (C=N–C) groups is 1. The van der Waals surface area contributed by atoms with Gasteiger partial charge in [0.15, 0.2) is 5.96 Å². The molecule has 9 heteroatoms. The number of furan rings is 1. The van der Waals surface area contributed by atoms with E-state index in [2.05, 4.69) is 15.6 Å². The predicted octanol–water partition coefficient (Wildman–Crippen LogP) is 3.14. The average molecular weight is 524 g/mol. The number of hydrogen-bond donors (Lipinski definition) is 3. The number of carbonyl (C=O) groups excluding carboxylic acids is 1. The van der Waals surface area contributed by atoms with Gasteiger partial charge in [-0.05, 0) is 54.5 Å². The van der Waals surface area contributed by atoms with E-state index in [1.165, 1.54) is 4.90 Å². The van der Waals surface area contributed by atoms with Crippen molar-refractivity contribution < 1.29 is 19.1 Å². The van der Waals surface area contributed by atoms with Gasteiger partial charge in [0.05, 0.1) is 6.54 Å². The maximum absolute atomic E-state index is 12.0. The van der Waals surface area contributed by atoms with Crippen LogP contribution in [-0.2, 0) is 10.3 Å². The molecule has 8 nitrogen and oxygen atoms in total. The van der Waals surface area contributed by atoms with Crippen LogP contribution in [-0.4, -0.2) is 60.9 Å². The first-order valence-corrected chi connectivity index (χ1v) is 9.62. The molecule has 1 aromatic rings. The van der Waals surface area contributed by atoms with E-state index >= 15 is 0 Å². The number of likely N-dealkylation sites (N-methyl/N-ethyl adjacent to an activating group) is 1. The number of nitrogens with one attached hydrogen (secondary N) is 2. The van der Waals surface area contributed by atoms with Crippen molar-refractivity contribution in [2.45, 2.75) is 59.7 Å². The van der Waals surface area contributed by atoms with Crippen molar-refractivity contribution >= 4 is 36.0 Å². The van der Waals surface area contributed by atoms with E-state index in [0.717, 1.165) is 11.3 Å². The van der Waals surface area contributed by atoms with Crippen LogP contribution in [0.3, 0.4) is 0 Å². The molecular formula is C20H37IN4O4. The van der Waals surface area contributed by atoms with Crippen LogP contribution in [0.5, 0.6) is 0 Å². The molecule has 1 rings (SSSR count). The summed E-state index contributed by atoms with van der Waals surface area (Å²) in [5.41, 5.74) is -0.934. The molecule has 0 fully saturated rings. The summed E-state index contributed by atoms with van der Waals surface area (Å²) in [6.45, 7) is 14.7. The van der Waals surface area contributed by atoms with Gasteiger partial charge in [0.1, 0.15) is 22.7 Å². The van der Waals surface area contributed by atoms with Crippen LogP contribution in [0.25, 0.3) is 0 Å². The Balaban J connectivity index is 0.00000784. The molecule has 0 aliphatic carbocycles. The van der Waals surface area contributed by atoms with Crippen LogP contribution in [0.2, 0.25) is 0 Å². The molecule has 0 saturated heterocycles. The number of amides is 1. The number of aliphatic hydroxyl groups is 1. The van der Waals surface area contributed by atoms with Crippen molar-refractivity contribution in [3.63, 3.8) is 0 Å². The summed E-state index contributed by atoms with van der Waals surface area (Å²) >= 11 is 0. The van der Waals surface area contributed by atoms with Crippen molar-refractivity contribution in [3.05, 3.63) is 23.2 Å². The number of ether oxygens (including phenoxy) is 1. The number of guanidine groups is 1. The molecule has 1 heterocycles. The van der Waals surface area contributed by atoms with Gasteiger partial charge >= 0.3 is 6.09 Å². The monoisotopic (exact) mass is 524 g/mol. The lowest BCUT2D eigenvalue weighted by atomic mass is 9.96. The van der Waals surface area contributed by atoms with Crippen LogP contribution in [0.4, 0.5) is 4.79 Å². The van der Waals surface area contributed by atoms with Gasteiger partial charge in [-0.1, -0.05) is 0 Å². The minimum Gasteiger partial charge on any atom is -0.466 e. The first-order chi connectivity index (χ1) is 12.9. The highest BCUT2D eigenvalue weighted by Gasteiger charge is 2.27. The SMILES string of the molecule is CCNC(=NCC(C)(O)c1cc(C)oc1C)NCCN(C)C(=O)OC(C)(C)C.I. The Morgan fingerprint density at radius 3 is 2.38 bits per heavy atom. The Labute approximate surface area is 191 Å². The third kappa shape index (κ3) is 9.70. The minimum absolute atomic E-state index is 0. The second-order valence-electron chi connectivity index (χ2n) is 8.12. The molecule has 29 heavy (non-hydrogen) atoms. The molecule has 0 bridgehead atoms. The zero-order valence-corrected chi connectivity index (χ0v) is 21.2. The largest absolute Gasteiger partial charge is 0.466 e. The molecule has 0 aliphatic rings. The Morgan fingerprint density at radius 1 is 1.28 bits per heavy atom. The van der Waals surface area contributed by atoms with E-state index in [1.807, 2.05) is 47.6 Å². The number of halogens is 1. The van der Waals surface area contributed by atoms with Crippen molar-refractivity contribution in [2.75, 3.05) is 33.2 Å². The van der Waals surface area contributed by atoms with E-state index in [1.54, 1.807) is 14.0 Å². The summed E-state index contributed by atoms with van der Waals surface area (Å²) in [6, 6.07) is 1.83. The molecule has 0 radical (unpaired) electrons. The lowest BCUT2D eigenvalue weighted by molar-refractivity contribution is 0.0302. The van der Waals surface area contributed by atoms with Crippen LogP contribution < -0.4 is 10.6 Å². The van der Waals surface area contributed by atoms with Gasteiger partial charge in [0, 0.05) is 32.2 Å². The van der Waals surface area contributed by atoms with Gasteiger partial charge in [-0.3, -0.25) is 0 Å². The van der Waals surface area contributed by atoms with Crippen molar-refractivity contribution in [1.29, 1.82) is 0 Å². The fourth-order valence-electron chi connectivity index (χ4n) is 2.60. The standard InChI is InChI=1S/C20H36N4O4.HI/c1-9-21-17(22-10-11-24(8)18(25)28-19(4,5)6)23-13-20(7,26)16-12-14(2)27-15(16)3;/h12,26H,9-11,13H2,1-8H3,(H2,21,22,23);1H. The summed E-state index contributed by atoms with van der Waals surface area (Å²) in [6.07, 6.45) is -0.370. The molecule has 3 N–H and O–H groups in total. The highest BCUT2D eigenvalue weighted by molar-refractivity contribution is 14.0. The van der Waals surface area contributed by atoms with E-state index in [9.17, 15) is 9.90 Å². The van der Waals surface area contributed by atoms with Crippen LogP contribution in [0.1, 0.15) is 51.7 Å². The van der Waals surface area contributed by atoms with Crippen molar-refractivity contribution in [2.24, 2.45) is 4.99 Å². The molecule has 0 spiro atoms. The number of carbonyl (C=O) groups is 1. The lowest BCUT2D eigenvalue weighted by Gasteiger charge is -2.25. The second kappa shape index (κ2) is 11.6. The van der Waals surface area contributed by atoms with Crippen LogP contribution in [0, 0.1) is 13.8 Å². The van der Waals surface area contributed by atoms with Gasteiger partial charge in [-0.15, -0.1) is 24.0 Å². The Hall–Kier alpha value is -1.49. The molecule has 1 aromatic heterocycles. The minimum atomic E-state index is -1.14. The van der Waals surface area contributed by atoms with Crippen molar-refractivity contribution in [3.8, 4) is 0 Å². The van der Waals surface area contributed by atoms with Crippen molar-refractivity contribution in [1.82, 2.24) is 15.5 Å². The molecule has 0 aromatic carbocycles. The van der Waals surface area contributed by atoms with E-state index in [4.69, 9.17) is 9.15 Å². The topological polar surface area (TPSA) is 99.3 Å². The lowest BCUT2D eigenvalue weighted by Crippen LogP contribution is -2.43. The maximum Gasteiger partial charge on any atom is 0.410 e. The normalized spacial score (nSPS) is 13.9. The van der Waals surface area contributed by atoms with E-state index in [0.29, 0.717) is 31.4 Å². The Bertz CT molecular complexity index is 681. The highest BCUT2D eigenvalue weighted by atomic mass is 127. The first-order valence-electron chi connectivity index (χ1n) is 9.62. The number of nitrogens with zero attached hydrogens (tertiary/aromatic N) is 2. The van der Waals surface area contributed by atoms with Gasteiger partial charge in [0.25, 0.3) is 0 Å². The molecule has 1 atom stereocenters. The third-order valence-electron chi connectivity index (χ3n) is 3.96. The van der Waals surface area contributed by atoms with E-state index < -0.39 is 11.2 Å². The van der Waals surface area contributed by atoms with Gasteiger partial charge < -0.3 is 29.8 Å². The van der Waals surface area contributed by atoms with Gasteiger partial charge in [-0.2, -0.15) is 0 Å². The van der Waals surface area contributed by atoms with Gasteiger partial charge in [-0.25, -0.2) is 9.79 Å². The smallest absolute Gasteiger partial charge is 0.410 e. The summed E-state index contributed by atoms with van der Waals surface area (Å²) < 4.78 is 10.8. The summed E-state index contributed by atoms with van der Waals surface area (Å²) in [7, 11) is 1.69. The van der Waals surface area contributed by atoms with E-state index in [-0.39, 0.29) is 36.6 Å². The summed E-state index contributed by atoms with van der Waals surface area (Å²) in [5, 5.41) is 17.1. The fourth-order valence-corrected chi connectivity index (χ4v) is 2.60. The summed E-state index contributed by atoms with van der Waals surface area (Å²) in [4.78, 5) is 18.0. The highest BCUT2D eigenvalue weighted by Crippen LogP contribution is 2.27. The molecule has 1 unspecified atom stereocenters.